The minimum absolute atomic E-state index is 0.147. The number of carbonyl (C=O) groups is 1. The molecule has 1 aromatic heterocycles. The van der Waals surface area contributed by atoms with Crippen LogP contribution in [0.2, 0.25) is 0 Å². The van der Waals surface area contributed by atoms with Gasteiger partial charge in [-0.25, -0.2) is 0 Å². The summed E-state index contributed by atoms with van der Waals surface area (Å²) in [5, 5.41) is 7.41. The van der Waals surface area contributed by atoms with Gasteiger partial charge in [0, 0.05) is 13.1 Å². The molecule has 0 saturated heterocycles. The fourth-order valence-corrected chi connectivity index (χ4v) is 2.46. The van der Waals surface area contributed by atoms with Gasteiger partial charge in [-0.3, -0.25) is 9.48 Å². The number of nitrogens with one attached hydrogen (secondary N) is 1. The fraction of sp³-hybridized carbons (Fsp3) is 0.333. The van der Waals surface area contributed by atoms with E-state index < -0.39 is 0 Å². The molecule has 0 aliphatic carbocycles. The van der Waals surface area contributed by atoms with Crippen LogP contribution in [-0.4, -0.2) is 35.8 Å². The van der Waals surface area contributed by atoms with Gasteiger partial charge in [0.1, 0.15) is 6.61 Å². The summed E-state index contributed by atoms with van der Waals surface area (Å²) in [6.45, 7) is 3.81. The highest BCUT2D eigenvalue weighted by molar-refractivity contribution is 6.12. The molecule has 0 spiro atoms. The van der Waals surface area contributed by atoms with Crippen molar-refractivity contribution in [3.8, 4) is 11.5 Å². The van der Waals surface area contributed by atoms with Crippen LogP contribution in [0.5, 0.6) is 11.5 Å². The Morgan fingerprint density at radius 1 is 1.52 bits per heavy atom. The number of rotatable bonds is 4. The lowest BCUT2D eigenvalue weighted by Crippen LogP contribution is -2.21. The summed E-state index contributed by atoms with van der Waals surface area (Å²) in [5.41, 5.74) is 1.81. The van der Waals surface area contributed by atoms with Gasteiger partial charge in [0.2, 0.25) is 5.78 Å². The van der Waals surface area contributed by atoms with Gasteiger partial charge in [-0.15, -0.1) is 0 Å². The molecular formula is C15H17N3O3. The first kappa shape index (κ1) is 13.5. The van der Waals surface area contributed by atoms with Crippen LogP contribution in [0.4, 0.5) is 5.69 Å². The van der Waals surface area contributed by atoms with Crippen molar-refractivity contribution in [1.29, 1.82) is 0 Å². The minimum Gasteiger partial charge on any atom is -0.493 e. The summed E-state index contributed by atoms with van der Waals surface area (Å²) < 4.78 is 12.6. The van der Waals surface area contributed by atoms with Gasteiger partial charge in [0.25, 0.3) is 0 Å². The number of aromatic nitrogens is 2. The van der Waals surface area contributed by atoms with Gasteiger partial charge in [-0.2, -0.15) is 5.10 Å². The number of aryl methyl sites for hydroxylation is 1. The van der Waals surface area contributed by atoms with Crippen LogP contribution in [0.3, 0.4) is 0 Å². The first-order chi connectivity index (χ1) is 10.3. The first-order valence-electron chi connectivity index (χ1n) is 6.90. The Labute approximate surface area is 122 Å². The average Bonchev–Trinajstić information content (AvgIpc) is 2.96. The molecule has 2 heterocycles. The maximum absolute atomic E-state index is 12.9. The van der Waals surface area contributed by atoms with E-state index >= 15 is 0 Å². The molecule has 0 bridgehead atoms. The molecule has 0 radical (unpaired) electrons. The predicted molar refractivity (Wildman–Crippen MR) is 78.3 cm³/mol. The van der Waals surface area contributed by atoms with Crippen molar-refractivity contribution in [2.45, 2.75) is 13.5 Å². The molecule has 110 valence electrons. The van der Waals surface area contributed by atoms with Gasteiger partial charge in [0.15, 0.2) is 17.2 Å². The van der Waals surface area contributed by atoms with E-state index in [0.717, 1.165) is 12.2 Å². The smallest absolute Gasteiger partial charge is 0.218 e. The first-order valence-corrected chi connectivity index (χ1v) is 6.90. The van der Waals surface area contributed by atoms with Gasteiger partial charge in [-0.1, -0.05) is 6.07 Å². The summed E-state index contributed by atoms with van der Waals surface area (Å²) in [6.07, 6.45) is 1.56. The minimum atomic E-state index is -0.147. The Morgan fingerprint density at radius 2 is 2.38 bits per heavy atom. The van der Waals surface area contributed by atoms with E-state index in [2.05, 4.69) is 10.4 Å². The third-order valence-corrected chi connectivity index (χ3v) is 3.46. The molecule has 0 unspecified atom stereocenters. The summed E-state index contributed by atoms with van der Waals surface area (Å²) in [6, 6.07) is 5.51. The maximum atomic E-state index is 12.9. The highest BCUT2D eigenvalue weighted by Crippen LogP contribution is 2.34. The molecule has 6 heteroatoms. The predicted octanol–water partition coefficient (Wildman–Crippen LogP) is 1.95. The van der Waals surface area contributed by atoms with Crippen molar-refractivity contribution < 1.29 is 14.3 Å². The second-order valence-corrected chi connectivity index (χ2v) is 4.66. The SMILES string of the molecule is CCn1ncc(OC)c1C(=O)c1cccc2c1OCCN2. The molecule has 1 aliphatic rings. The number of nitrogens with zero attached hydrogens (tertiary/aromatic N) is 2. The molecule has 21 heavy (non-hydrogen) atoms. The zero-order chi connectivity index (χ0) is 14.8. The summed E-state index contributed by atoms with van der Waals surface area (Å²) in [7, 11) is 1.53. The molecule has 0 amide bonds. The Kier molecular flexibility index (Phi) is 3.51. The molecule has 0 fully saturated rings. The van der Waals surface area contributed by atoms with Crippen LogP contribution in [-0.2, 0) is 6.54 Å². The van der Waals surface area contributed by atoms with Gasteiger partial charge in [0.05, 0.1) is 24.6 Å². The van der Waals surface area contributed by atoms with Crippen LogP contribution in [0.1, 0.15) is 23.0 Å². The highest BCUT2D eigenvalue weighted by atomic mass is 16.5. The number of para-hydroxylation sites is 1. The zero-order valence-corrected chi connectivity index (χ0v) is 12.0. The van der Waals surface area contributed by atoms with Crippen molar-refractivity contribution in [1.82, 2.24) is 9.78 Å². The number of methoxy groups -OCH3 is 1. The molecule has 6 nitrogen and oxygen atoms in total. The van der Waals surface area contributed by atoms with E-state index in [0.29, 0.717) is 35.9 Å². The lowest BCUT2D eigenvalue weighted by atomic mass is 10.0. The quantitative estimate of drug-likeness (QED) is 0.871. The van der Waals surface area contributed by atoms with Gasteiger partial charge >= 0.3 is 0 Å². The van der Waals surface area contributed by atoms with E-state index in [1.165, 1.54) is 7.11 Å². The van der Waals surface area contributed by atoms with Crippen LogP contribution < -0.4 is 14.8 Å². The normalized spacial score (nSPS) is 13.0. The van der Waals surface area contributed by atoms with Crippen LogP contribution in [0, 0.1) is 0 Å². The zero-order valence-electron chi connectivity index (χ0n) is 12.0. The van der Waals surface area contributed by atoms with E-state index in [9.17, 15) is 4.79 Å². The molecule has 2 aromatic rings. The molecule has 1 aromatic carbocycles. The number of hydrogen-bond acceptors (Lipinski definition) is 5. The van der Waals surface area contributed by atoms with Crippen LogP contribution >= 0.6 is 0 Å². The van der Waals surface area contributed by atoms with Gasteiger partial charge < -0.3 is 14.8 Å². The number of benzene rings is 1. The Morgan fingerprint density at radius 3 is 3.14 bits per heavy atom. The summed E-state index contributed by atoms with van der Waals surface area (Å²) >= 11 is 0. The Bertz CT molecular complexity index is 657. The Balaban J connectivity index is 2.09. The van der Waals surface area contributed by atoms with Crippen LogP contribution in [0.25, 0.3) is 0 Å². The second kappa shape index (κ2) is 5.47. The number of fused-ring (bicyclic) bond motifs is 1. The lowest BCUT2D eigenvalue weighted by Gasteiger charge is -2.21. The Hall–Kier alpha value is -2.50. The fourth-order valence-electron chi connectivity index (χ4n) is 2.46. The van der Waals surface area contributed by atoms with Crippen molar-refractivity contribution in [3.63, 3.8) is 0 Å². The topological polar surface area (TPSA) is 65.4 Å². The standard InChI is InChI=1S/C15H17N3O3/c1-3-18-13(12(20-2)9-17-18)14(19)10-5-4-6-11-15(10)21-8-7-16-11/h4-6,9,16H,3,7-8H2,1-2H3. The van der Waals surface area contributed by atoms with E-state index in [1.54, 1.807) is 16.9 Å². The number of anilines is 1. The molecular weight excluding hydrogens is 270 g/mol. The molecule has 1 aliphatic heterocycles. The summed E-state index contributed by atoms with van der Waals surface area (Å²) in [5.74, 6) is 0.926. The average molecular weight is 287 g/mol. The molecule has 0 saturated carbocycles. The third-order valence-electron chi connectivity index (χ3n) is 3.46. The number of ketones is 1. The number of carbonyl (C=O) groups excluding carboxylic acids is 1. The van der Waals surface area contributed by atoms with E-state index in [-0.39, 0.29) is 5.78 Å². The molecule has 0 atom stereocenters. The van der Waals surface area contributed by atoms with Gasteiger partial charge in [-0.05, 0) is 19.1 Å². The second-order valence-electron chi connectivity index (χ2n) is 4.66. The third kappa shape index (κ3) is 2.22. The molecule has 3 rings (SSSR count). The van der Waals surface area contributed by atoms with E-state index in [4.69, 9.17) is 9.47 Å². The van der Waals surface area contributed by atoms with Crippen molar-refractivity contribution in [2.24, 2.45) is 0 Å². The van der Waals surface area contributed by atoms with Crippen molar-refractivity contribution in [3.05, 3.63) is 35.7 Å². The van der Waals surface area contributed by atoms with Crippen molar-refractivity contribution in [2.75, 3.05) is 25.6 Å². The summed E-state index contributed by atoms with van der Waals surface area (Å²) in [4.78, 5) is 12.9. The largest absolute Gasteiger partial charge is 0.493 e. The van der Waals surface area contributed by atoms with Crippen LogP contribution in [0.15, 0.2) is 24.4 Å². The maximum Gasteiger partial charge on any atom is 0.218 e. The number of hydrogen-bond donors (Lipinski definition) is 1. The highest BCUT2D eigenvalue weighted by Gasteiger charge is 2.25. The molecule has 1 N–H and O–H groups in total. The monoisotopic (exact) mass is 287 g/mol. The van der Waals surface area contributed by atoms with E-state index in [1.807, 2.05) is 19.1 Å². The number of ether oxygens (including phenoxy) is 2. The lowest BCUT2D eigenvalue weighted by molar-refractivity contribution is 0.102. The van der Waals surface area contributed by atoms with Crippen molar-refractivity contribution >= 4 is 11.5 Å².